The number of nitrogens with zero attached hydrogens (tertiary/aromatic N) is 1. The zero-order chi connectivity index (χ0) is 11.5. The quantitative estimate of drug-likeness (QED) is 0.746. The van der Waals surface area contributed by atoms with Crippen LogP contribution in [0.2, 0.25) is 0 Å². The third kappa shape index (κ3) is 2.49. The Morgan fingerprint density at radius 2 is 2.33 bits per heavy atom. The van der Waals surface area contributed by atoms with E-state index in [1.54, 1.807) is 7.11 Å². The minimum absolute atomic E-state index is 0.100. The number of ether oxygens (including phenoxy) is 1. The Bertz CT molecular complexity index is 227. The van der Waals surface area contributed by atoms with Gasteiger partial charge in [0.1, 0.15) is 5.60 Å². The fourth-order valence-corrected chi connectivity index (χ4v) is 1.93. The van der Waals surface area contributed by atoms with Gasteiger partial charge in [-0.25, -0.2) is 0 Å². The van der Waals surface area contributed by atoms with Crippen LogP contribution in [-0.4, -0.2) is 43.2 Å². The van der Waals surface area contributed by atoms with Crippen LogP contribution in [0.5, 0.6) is 0 Å². The van der Waals surface area contributed by atoms with E-state index in [1.807, 2.05) is 18.7 Å². The molecule has 0 aliphatic carbocycles. The predicted octanol–water partition coefficient (Wildman–Crippen LogP) is 0.609. The average molecular weight is 214 g/mol. The van der Waals surface area contributed by atoms with Crippen molar-refractivity contribution in [2.24, 2.45) is 11.7 Å². The Labute approximate surface area is 91.8 Å². The van der Waals surface area contributed by atoms with Crippen molar-refractivity contribution in [1.82, 2.24) is 4.90 Å². The summed E-state index contributed by atoms with van der Waals surface area (Å²) in [5.74, 6) is 0.565. The van der Waals surface area contributed by atoms with E-state index in [4.69, 9.17) is 10.5 Å². The molecule has 1 aliphatic heterocycles. The Morgan fingerprint density at radius 3 is 2.73 bits per heavy atom. The van der Waals surface area contributed by atoms with Crippen LogP contribution >= 0.6 is 0 Å². The van der Waals surface area contributed by atoms with Gasteiger partial charge >= 0.3 is 0 Å². The average Bonchev–Trinajstić information content (AvgIpc) is 2.75. The number of methoxy groups -OCH3 is 1. The van der Waals surface area contributed by atoms with Gasteiger partial charge in [-0.05, 0) is 32.2 Å². The molecule has 1 heterocycles. The standard InChI is InChI=1S/C11H22N2O2/c1-4-11(2,15-3)10(14)13-6-5-9(7-12)8-13/h9H,4-8,12H2,1-3H3. The molecule has 2 atom stereocenters. The molecule has 88 valence electrons. The first-order valence-corrected chi connectivity index (χ1v) is 5.62. The van der Waals surface area contributed by atoms with Crippen molar-refractivity contribution in [1.29, 1.82) is 0 Å². The monoisotopic (exact) mass is 214 g/mol. The summed E-state index contributed by atoms with van der Waals surface area (Å²) in [4.78, 5) is 14.0. The summed E-state index contributed by atoms with van der Waals surface area (Å²) < 4.78 is 5.31. The van der Waals surface area contributed by atoms with E-state index in [1.165, 1.54) is 0 Å². The maximum Gasteiger partial charge on any atom is 0.254 e. The van der Waals surface area contributed by atoms with Gasteiger partial charge in [-0.2, -0.15) is 0 Å². The highest BCUT2D eigenvalue weighted by atomic mass is 16.5. The summed E-state index contributed by atoms with van der Waals surface area (Å²) in [6.45, 7) is 6.09. The smallest absolute Gasteiger partial charge is 0.254 e. The zero-order valence-electron chi connectivity index (χ0n) is 9.95. The largest absolute Gasteiger partial charge is 0.369 e. The zero-order valence-corrected chi connectivity index (χ0v) is 9.95. The molecular weight excluding hydrogens is 192 g/mol. The summed E-state index contributed by atoms with van der Waals surface area (Å²) in [5, 5.41) is 0. The van der Waals surface area contributed by atoms with Crippen LogP contribution in [-0.2, 0) is 9.53 Å². The van der Waals surface area contributed by atoms with Crippen molar-refractivity contribution >= 4 is 5.91 Å². The van der Waals surface area contributed by atoms with Gasteiger partial charge in [-0.3, -0.25) is 4.79 Å². The summed E-state index contributed by atoms with van der Waals surface area (Å²) in [6, 6.07) is 0. The number of hydrogen-bond acceptors (Lipinski definition) is 3. The molecule has 0 radical (unpaired) electrons. The lowest BCUT2D eigenvalue weighted by Gasteiger charge is -2.30. The summed E-state index contributed by atoms with van der Waals surface area (Å²) in [7, 11) is 1.60. The highest BCUT2D eigenvalue weighted by Crippen LogP contribution is 2.23. The van der Waals surface area contributed by atoms with E-state index >= 15 is 0 Å². The molecule has 1 fully saturated rings. The van der Waals surface area contributed by atoms with E-state index in [0.29, 0.717) is 18.9 Å². The third-order valence-corrected chi connectivity index (χ3v) is 3.48. The van der Waals surface area contributed by atoms with E-state index < -0.39 is 5.60 Å². The highest BCUT2D eigenvalue weighted by Gasteiger charge is 2.37. The van der Waals surface area contributed by atoms with Crippen LogP contribution in [0.15, 0.2) is 0 Å². The van der Waals surface area contributed by atoms with Crippen molar-refractivity contribution in [3.05, 3.63) is 0 Å². The fourth-order valence-electron chi connectivity index (χ4n) is 1.93. The molecule has 0 aromatic carbocycles. The molecule has 1 saturated heterocycles. The Morgan fingerprint density at radius 1 is 1.67 bits per heavy atom. The number of hydrogen-bond donors (Lipinski definition) is 1. The van der Waals surface area contributed by atoms with Gasteiger partial charge in [0.2, 0.25) is 0 Å². The molecule has 0 aromatic rings. The third-order valence-electron chi connectivity index (χ3n) is 3.48. The van der Waals surface area contributed by atoms with Crippen LogP contribution < -0.4 is 5.73 Å². The van der Waals surface area contributed by atoms with Gasteiger partial charge in [0.05, 0.1) is 0 Å². The maximum atomic E-state index is 12.2. The molecule has 0 spiro atoms. The Kier molecular flexibility index (Phi) is 4.11. The van der Waals surface area contributed by atoms with Crippen molar-refractivity contribution in [3.63, 3.8) is 0 Å². The van der Waals surface area contributed by atoms with Crippen molar-refractivity contribution in [3.8, 4) is 0 Å². The van der Waals surface area contributed by atoms with E-state index in [2.05, 4.69) is 0 Å². The number of rotatable bonds is 4. The normalized spacial score (nSPS) is 25.3. The minimum atomic E-state index is -0.663. The van der Waals surface area contributed by atoms with Gasteiger partial charge in [0.15, 0.2) is 0 Å². The van der Waals surface area contributed by atoms with E-state index in [-0.39, 0.29) is 5.91 Å². The number of nitrogens with two attached hydrogens (primary N) is 1. The van der Waals surface area contributed by atoms with Crippen molar-refractivity contribution < 1.29 is 9.53 Å². The molecule has 1 amide bonds. The van der Waals surface area contributed by atoms with Gasteiger partial charge < -0.3 is 15.4 Å². The molecule has 0 aromatic heterocycles. The first-order valence-electron chi connectivity index (χ1n) is 5.62. The molecule has 1 rings (SSSR count). The second-order valence-electron chi connectivity index (χ2n) is 4.43. The SMILES string of the molecule is CCC(C)(OC)C(=O)N1CCC(CN)C1. The van der Waals surface area contributed by atoms with E-state index in [0.717, 1.165) is 19.5 Å². The van der Waals surface area contributed by atoms with Crippen molar-refractivity contribution in [2.75, 3.05) is 26.7 Å². The molecule has 1 aliphatic rings. The van der Waals surface area contributed by atoms with E-state index in [9.17, 15) is 4.79 Å². The number of amides is 1. The first-order chi connectivity index (χ1) is 7.07. The fraction of sp³-hybridized carbons (Fsp3) is 0.909. The van der Waals surface area contributed by atoms with Gasteiger partial charge in [0, 0.05) is 20.2 Å². The Hall–Kier alpha value is -0.610. The van der Waals surface area contributed by atoms with Gasteiger partial charge in [-0.15, -0.1) is 0 Å². The lowest BCUT2D eigenvalue weighted by molar-refractivity contribution is -0.152. The lowest BCUT2D eigenvalue weighted by Crippen LogP contribution is -2.47. The number of carbonyl (C=O) groups excluding carboxylic acids is 1. The molecule has 4 heteroatoms. The second kappa shape index (κ2) is 4.94. The summed E-state index contributed by atoms with van der Waals surface area (Å²) >= 11 is 0. The van der Waals surface area contributed by atoms with Crippen LogP contribution in [0.4, 0.5) is 0 Å². The van der Waals surface area contributed by atoms with Crippen LogP contribution in [0.3, 0.4) is 0 Å². The lowest BCUT2D eigenvalue weighted by atomic mass is 10.0. The summed E-state index contributed by atoms with van der Waals surface area (Å²) in [5.41, 5.74) is 4.94. The maximum absolute atomic E-state index is 12.2. The molecule has 0 saturated carbocycles. The molecule has 0 bridgehead atoms. The molecule has 15 heavy (non-hydrogen) atoms. The second-order valence-corrected chi connectivity index (χ2v) is 4.43. The topological polar surface area (TPSA) is 55.6 Å². The molecule has 4 nitrogen and oxygen atoms in total. The molecule has 2 unspecified atom stereocenters. The van der Waals surface area contributed by atoms with Crippen LogP contribution in [0.25, 0.3) is 0 Å². The summed E-state index contributed by atoms with van der Waals surface area (Å²) in [6.07, 6.45) is 1.72. The molecular formula is C11H22N2O2. The highest BCUT2D eigenvalue weighted by molar-refractivity contribution is 5.85. The first kappa shape index (κ1) is 12.5. The van der Waals surface area contributed by atoms with Crippen LogP contribution in [0.1, 0.15) is 26.7 Å². The Balaban J connectivity index is 2.61. The number of carbonyl (C=O) groups is 1. The number of likely N-dealkylation sites (tertiary alicyclic amines) is 1. The van der Waals surface area contributed by atoms with Crippen LogP contribution in [0, 0.1) is 5.92 Å². The van der Waals surface area contributed by atoms with Crippen molar-refractivity contribution in [2.45, 2.75) is 32.3 Å². The van der Waals surface area contributed by atoms with Gasteiger partial charge in [0.25, 0.3) is 5.91 Å². The predicted molar refractivity (Wildman–Crippen MR) is 59.4 cm³/mol. The van der Waals surface area contributed by atoms with Gasteiger partial charge in [-0.1, -0.05) is 6.92 Å². The minimum Gasteiger partial charge on any atom is -0.369 e. The molecule has 2 N–H and O–H groups in total.